The quantitative estimate of drug-likeness (QED) is 0.542. The number of carboxylic acid groups (broad SMARTS) is 1. The van der Waals surface area contributed by atoms with E-state index >= 15 is 0 Å². The molecular weight excluding hydrogens is 382 g/mol. The fourth-order valence-corrected chi connectivity index (χ4v) is 3.68. The molecule has 1 aromatic rings. The van der Waals surface area contributed by atoms with Gasteiger partial charge >= 0.3 is 5.97 Å². The molecule has 7 nitrogen and oxygen atoms in total. The van der Waals surface area contributed by atoms with Gasteiger partial charge in [-0.15, -0.1) is 0 Å². The first kappa shape index (κ1) is 22.0. The topological polar surface area (TPSA) is 113 Å². The zero-order valence-corrected chi connectivity index (χ0v) is 16.7. The van der Waals surface area contributed by atoms with Crippen molar-refractivity contribution in [2.75, 3.05) is 25.4 Å². The first-order valence-corrected chi connectivity index (χ1v) is 10.1. The monoisotopic (exact) mass is 409 g/mol. The van der Waals surface area contributed by atoms with Gasteiger partial charge in [-0.25, -0.2) is 0 Å². The molecule has 2 rings (SSSR count). The van der Waals surface area contributed by atoms with Gasteiger partial charge in [-0.05, 0) is 37.0 Å². The highest BCUT2D eigenvalue weighted by atomic mass is 35.5. The van der Waals surface area contributed by atoms with Gasteiger partial charge in [0.05, 0.1) is 13.0 Å². The van der Waals surface area contributed by atoms with E-state index in [1.54, 1.807) is 18.2 Å². The van der Waals surface area contributed by atoms with Crippen LogP contribution in [0.5, 0.6) is 0 Å². The molecule has 2 amide bonds. The number of rotatable bonds is 9. The van der Waals surface area contributed by atoms with Crippen molar-refractivity contribution < 1.29 is 19.5 Å². The minimum absolute atomic E-state index is 0.0254. The van der Waals surface area contributed by atoms with E-state index in [0.717, 1.165) is 37.7 Å². The third-order valence-electron chi connectivity index (χ3n) is 5.07. The van der Waals surface area contributed by atoms with Crippen LogP contribution in [0, 0.1) is 5.92 Å². The SMILES string of the molecule is Nc1ccc(CCN(CCC(=O)O)C(=O)CNC(=O)C2CCCCC2)c(Cl)c1. The van der Waals surface area contributed by atoms with Crippen LogP contribution in [0.2, 0.25) is 5.02 Å². The van der Waals surface area contributed by atoms with Crippen LogP contribution in [-0.2, 0) is 20.8 Å². The lowest BCUT2D eigenvalue weighted by Crippen LogP contribution is -2.43. The van der Waals surface area contributed by atoms with E-state index in [1.165, 1.54) is 4.90 Å². The number of nitrogen functional groups attached to an aromatic ring is 1. The van der Waals surface area contributed by atoms with E-state index < -0.39 is 5.97 Å². The number of carbonyl (C=O) groups excluding carboxylic acids is 2. The van der Waals surface area contributed by atoms with Crippen LogP contribution in [0.25, 0.3) is 0 Å². The van der Waals surface area contributed by atoms with Gasteiger partial charge in [-0.1, -0.05) is 36.9 Å². The smallest absolute Gasteiger partial charge is 0.305 e. The maximum absolute atomic E-state index is 12.6. The Morgan fingerprint density at radius 3 is 2.54 bits per heavy atom. The third-order valence-corrected chi connectivity index (χ3v) is 5.42. The zero-order valence-electron chi connectivity index (χ0n) is 16.0. The summed E-state index contributed by atoms with van der Waals surface area (Å²) in [6.45, 7) is 0.277. The Balaban J connectivity index is 1.91. The summed E-state index contributed by atoms with van der Waals surface area (Å²) in [6.07, 6.45) is 5.27. The van der Waals surface area contributed by atoms with Crippen molar-refractivity contribution in [2.24, 2.45) is 5.92 Å². The number of hydrogen-bond donors (Lipinski definition) is 3. The fraction of sp³-hybridized carbons (Fsp3) is 0.550. The van der Waals surface area contributed by atoms with Gasteiger partial charge in [0, 0.05) is 29.7 Å². The lowest BCUT2D eigenvalue weighted by atomic mass is 9.89. The molecule has 8 heteroatoms. The van der Waals surface area contributed by atoms with Crippen molar-refractivity contribution >= 4 is 35.1 Å². The van der Waals surface area contributed by atoms with Crippen molar-refractivity contribution in [3.63, 3.8) is 0 Å². The average Bonchev–Trinajstić information content (AvgIpc) is 2.67. The zero-order chi connectivity index (χ0) is 20.5. The molecule has 0 radical (unpaired) electrons. The number of nitrogens with zero attached hydrogens (tertiary/aromatic N) is 1. The van der Waals surface area contributed by atoms with Crippen LogP contribution in [0.3, 0.4) is 0 Å². The van der Waals surface area contributed by atoms with Crippen molar-refractivity contribution in [1.29, 1.82) is 0 Å². The van der Waals surface area contributed by atoms with E-state index in [-0.39, 0.29) is 37.2 Å². The second kappa shape index (κ2) is 10.9. The number of aliphatic carboxylic acids is 1. The minimum atomic E-state index is -0.977. The lowest BCUT2D eigenvalue weighted by molar-refractivity contribution is -0.139. The van der Waals surface area contributed by atoms with Crippen LogP contribution < -0.4 is 11.1 Å². The molecule has 1 aliphatic rings. The summed E-state index contributed by atoms with van der Waals surface area (Å²) < 4.78 is 0. The highest BCUT2D eigenvalue weighted by Crippen LogP contribution is 2.23. The van der Waals surface area contributed by atoms with Crippen LogP contribution in [0.4, 0.5) is 5.69 Å². The molecule has 0 heterocycles. The number of carboxylic acids is 1. The Labute approximate surface area is 170 Å². The number of halogens is 1. The summed E-state index contributed by atoms with van der Waals surface area (Å²) >= 11 is 6.17. The molecule has 0 unspecified atom stereocenters. The van der Waals surface area contributed by atoms with Crippen LogP contribution in [-0.4, -0.2) is 47.4 Å². The van der Waals surface area contributed by atoms with Crippen LogP contribution in [0.1, 0.15) is 44.1 Å². The van der Waals surface area contributed by atoms with Gasteiger partial charge in [0.15, 0.2) is 0 Å². The Kier molecular flexibility index (Phi) is 8.57. The molecule has 0 spiro atoms. The molecular formula is C20H28ClN3O4. The van der Waals surface area contributed by atoms with Crippen molar-refractivity contribution in [1.82, 2.24) is 10.2 Å². The predicted octanol–water partition coefficient (Wildman–Crippen LogP) is 2.46. The number of nitrogens with one attached hydrogen (secondary N) is 1. The number of amides is 2. The van der Waals surface area contributed by atoms with Gasteiger partial charge in [-0.3, -0.25) is 14.4 Å². The molecule has 4 N–H and O–H groups in total. The summed E-state index contributed by atoms with van der Waals surface area (Å²) in [4.78, 5) is 37.2. The molecule has 1 fully saturated rings. The van der Waals surface area contributed by atoms with E-state index in [1.807, 2.05) is 0 Å². The van der Waals surface area contributed by atoms with E-state index in [4.69, 9.17) is 22.4 Å². The highest BCUT2D eigenvalue weighted by Gasteiger charge is 2.22. The van der Waals surface area contributed by atoms with E-state index in [9.17, 15) is 14.4 Å². The number of carbonyl (C=O) groups is 3. The molecule has 1 aliphatic carbocycles. The summed E-state index contributed by atoms with van der Waals surface area (Å²) in [6, 6.07) is 5.17. The van der Waals surface area contributed by atoms with Crippen molar-refractivity contribution in [2.45, 2.75) is 44.9 Å². The van der Waals surface area contributed by atoms with Crippen molar-refractivity contribution in [3.8, 4) is 0 Å². The highest BCUT2D eigenvalue weighted by molar-refractivity contribution is 6.31. The number of nitrogens with two attached hydrogens (primary N) is 1. The third kappa shape index (κ3) is 7.03. The standard InChI is InChI=1S/C20H28ClN3O4/c21-17-12-16(22)7-6-14(17)8-10-24(11-9-19(26)27)18(25)13-23-20(28)15-4-2-1-3-5-15/h6-7,12,15H,1-5,8-11,13,22H2,(H,23,28)(H,26,27). The van der Waals surface area contributed by atoms with Gasteiger partial charge in [-0.2, -0.15) is 0 Å². The van der Waals surface area contributed by atoms with Gasteiger partial charge in [0.2, 0.25) is 11.8 Å². The maximum Gasteiger partial charge on any atom is 0.305 e. The summed E-state index contributed by atoms with van der Waals surface area (Å²) in [5, 5.41) is 12.2. The first-order valence-electron chi connectivity index (χ1n) is 9.68. The maximum atomic E-state index is 12.6. The van der Waals surface area contributed by atoms with E-state index in [2.05, 4.69) is 5.32 Å². The Bertz CT molecular complexity index is 705. The Hall–Kier alpha value is -2.28. The second-order valence-corrected chi connectivity index (χ2v) is 7.59. The lowest BCUT2D eigenvalue weighted by Gasteiger charge is -2.24. The van der Waals surface area contributed by atoms with Crippen LogP contribution >= 0.6 is 11.6 Å². The normalized spacial score (nSPS) is 14.5. The largest absolute Gasteiger partial charge is 0.481 e. The predicted molar refractivity (Wildman–Crippen MR) is 108 cm³/mol. The molecule has 154 valence electrons. The summed E-state index contributed by atoms with van der Waals surface area (Å²) in [5.74, 6) is -1.39. The number of anilines is 1. The van der Waals surface area contributed by atoms with Crippen molar-refractivity contribution in [3.05, 3.63) is 28.8 Å². The molecule has 0 aliphatic heterocycles. The molecule has 0 bridgehead atoms. The molecule has 1 aromatic carbocycles. The van der Waals surface area contributed by atoms with Gasteiger partial charge < -0.3 is 21.1 Å². The van der Waals surface area contributed by atoms with Gasteiger partial charge in [0.25, 0.3) is 0 Å². The first-order chi connectivity index (χ1) is 13.4. The average molecular weight is 410 g/mol. The Morgan fingerprint density at radius 1 is 1.18 bits per heavy atom. The number of benzene rings is 1. The van der Waals surface area contributed by atoms with Crippen LogP contribution in [0.15, 0.2) is 18.2 Å². The molecule has 0 saturated heterocycles. The number of hydrogen-bond acceptors (Lipinski definition) is 4. The Morgan fingerprint density at radius 2 is 1.89 bits per heavy atom. The summed E-state index contributed by atoms with van der Waals surface area (Å²) in [7, 11) is 0. The van der Waals surface area contributed by atoms with Gasteiger partial charge in [0.1, 0.15) is 0 Å². The molecule has 1 saturated carbocycles. The second-order valence-electron chi connectivity index (χ2n) is 7.18. The fourth-order valence-electron chi connectivity index (χ4n) is 3.40. The molecule has 28 heavy (non-hydrogen) atoms. The van der Waals surface area contributed by atoms with E-state index in [0.29, 0.717) is 23.7 Å². The minimum Gasteiger partial charge on any atom is -0.481 e. The molecule has 0 atom stereocenters. The summed E-state index contributed by atoms with van der Waals surface area (Å²) in [5.41, 5.74) is 7.07. The molecule has 0 aromatic heterocycles.